The Morgan fingerprint density at radius 1 is 0.302 bits per heavy atom. The standard InChI is InChI=1S/C57H35N5S/c1-4-15-36(16-5-1)55-58-56(60-57(59-55)45-23-14-26-51-54(45)44-22-11-13-25-49(44)62(51)41-19-8-3-9-20-41)39-27-30-43-47-34-38(29-32-52(47)63-53(43)35-39)37-28-31-50-46(33-37)42-21-10-12-24-48(42)61(50)40-17-6-2-7-18-40/h1-35H. The number of aromatic nitrogens is 5. The van der Waals surface area contributed by atoms with E-state index in [4.69, 9.17) is 15.0 Å². The van der Waals surface area contributed by atoms with Gasteiger partial charge in [0, 0.05) is 69.8 Å². The maximum Gasteiger partial charge on any atom is 0.164 e. The fraction of sp³-hybridized carbons (Fsp3) is 0. The normalized spacial score (nSPS) is 11.8. The van der Waals surface area contributed by atoms with Gasteiger partial charge in [0.05, 0.1) is 22.1 Å². The van der Waals surface area contributed by atoms with Crippen LogP contribution in [0.4, 0.5) is 0 Å². The quantitative estimate of drug-likeness (QED) is 0.168. The second kappa shape index (κ2) is 14.2. The molecule has 0 aliphatic carbocycles. The molecule has 13 rings (SSSR count). The summed E-state index contributed by atoms with van der Waals surface area (Å²) in [4.78, 5) is 15.6. The third-order valence-electron chi connectivity index (χ3n) is 12.4. The molecule has 63 heavy (non-hydrogen) atoms. The fourth-order valence-corrected chi connectivity index (χ4v) is 10.6. The summed E-state index contributed by atoms with van der Waals surface area (Å²) < 4.78 is 7.13. The van der Waals surface area contributed by atoms with Crippen LogP contribution in [0.25, 0.3) is 120 Å². The maximum absolute atomic E-state index is 5.29. The zero-order valence-electron chi connectivity index (χ0n) is 33.9. The number of hydrogen-bond donors (Lipinski definition) is 0. The van der Waals surface area contributed by atoms with Crippen LogP contribution in [0.3, 0.4) is 0 Å². The molecule has 13 aromatic rings. The molecule has 0 aliphatic heterocycles. The first-order chi connectivity index (χ1) is 31.2. The van der Waals surface area contributed by atoms with Crippen molar-refractivity contribution in [2.75, 3.05) is 0 Å². The first-order valence-electron chi connectivity index (χ1n) is 21.2. The van der Waals surface area contributed by atoms with Crippen molar-refractivity contribution in [2.45, 2.75) is 0 Å². The Morgan fingerprint density at radius 3 is 1.59 bits per heavy atom. The van der Waals surface area contributed by atoms with Crippen molar-refractivity contribution in [3.63, 3.8) is 0 Å². The van der Waals surface area contributed by atoms with E-state index in [1.54, 1.807) is 0 Å². The van der Waals surface area contributed by atoms with Gasteiger partial charge in [-0.1, -0.05) is 140 Å². The van der Waals surface area contributed by atoms with E-state index in [2.05, 4.69) is 203 Å². The molecule has 0 unspecified atom stereocenters. The van der Waals surface area contributed by atoms with Crippen molar-refractivity contribution < 1.29 is 0 Å². The molecule has 0 fully saturated rings. The molecular weight excluding hydrogens is 787 g/mol. The van der Waals surface area contributed by atoms with Crippen molar-refractivity contribution in [1.82, 2.24) is 24.1 Å². The van der Waals surface area contributed by atoms with Crippen molar-refractivity contribution >= 4 is 75.1 Å². The monoisotopic (exact) mass is 821 g/mol. The van der Waals surface area contributed by atoms with Crippen LogP contribution in [0.1, 0.15) is 0 Å². The average Bonchev–Trinajstić information content (AvgIpc) is 4.01. The zero-order valence-corrected chi connectivity index (χ0v) is 34.7. The van der Waals surface area contributed by atoms with Crippen LogP contribution in [-0.4, -0.2) is 24.1 Å². The summed E-state index contributed by atoms with van der Waals surface area (Å²) in [6, 6.07) is 75.6. The minimum absolute atomic E-state index is 0.643. The van der Waals surface area contributed by atoms with Gasteiger partial charge in [0.15, 0.2) is 17.5 Å². The third-order valence-corrected chi connectivity index (χ3v) is 13.5. The molecule has 4 aromatic heterocycles. The lowest BCUT2D eigenvalue weighted by Crippen LogP contribution is -2.00. The summed E-state index contributed by atoms with van der Waals surface area (Å²) in [6.07, 6.45) is 0. The molecule has 0 aliphatic rings. The van der Waals surface area contributed by atoms with Crippen LogP contribution in [-0.2, 0) is 0 Å². The highest BCUT2D eigenvalue weighted by Gasteiger charge is 2.20. The van der Waals surface area contributed by atoms with Crippen LogP contribution >= 0.6 is 11.3 Å². The Bertz CT molecular complexity index is 3900. The van der Waals surface area contributed by atoms with Gasteiger partial charge in [0.2, 0.25) is 0 Å². The number of hydrogen-bond acceptors (Lipinski definition) is 4. The minimum atomic E-state index is 0.643. The predicted octanol–water partition coefficient (Wildman–Crippen LogP) is 15.1. The van der Waals surface area contributed by atoms with E-state index in [0.717, 1.165) is 49.9 Å². The van der Waals surface area contributed by atoms with E-state index in [1.807, 2.05) is 29.5 Å². The van der Waals surface area contributed by atoms with Crippen molar-refractivity contribution in [3.05, 3.63) is 212 Å². The molecule has 0 bridgehead atoms. The number of rotatable bonds is 6. The molecule has 0 N–H and O–H groups in total. The highest BCUT2D eigenvalue weighted by molar-refractivity contribution is 7.25. The van der Waals surface area contributed by atoms with E-state index < -0.39 is 0 Å². The molecule has 294 valence electrons. The van der Waals surface area contributed by atoms with Crippen LogP contribution in [0.2, 0.25) is 0 Å². The Morgan fingerprint density at radius 2 is 0.841 bits per heavy atom. The summed E-state index contributed by atoms with van der Waals surface area (Å²) in [7, 11) is 0. The lowest BCUT2D eigenvalue weighted by Gasteiger charge is -2.10. The van der Waals surface area contributed by atoms with Gasteiger partial charge in [0.1, 0.15) is 0 Å². The van der Waals surface area contributed by atoms with Gasteiger partial charge < -0.3 is 9.13 Å². The van der Waals surface area contributed by atoms with Crippen LogP contribution in [0.15, 0.2) is 212 Å². The topological polar surface area (TPSA) is 48.5 Å². The summed E-state index contributed by atoms with van der Waals surface area (Å²) >= 11 is 1.81. The SMILES string of the molecule is c1ccc(-c2nc(-c3ccc4c(c3)sc3ccc(-c5ccc6c(c5)c5ccccc5n6-c5ccccc5)cc34)nc(-c3cccc4c3c3ccccc3n4-c3ccccc3)n2)cc1. The summed E-state index contributed by atoms with van der Waals surface area (Å²) in [5.41, 5.74) is 12.2. The summed E-state index contributed by atoms with van der Waals surface area (Å²) in [5, 5.41) is 7.23. The van der Waals surface area contributed by atoms with E-state index in [1.165, 1.54) is 53.1 Å². The van der Waals surface area contributed by atoms with Gasteiger partial charge in [-0.15, -0.1) is 11.3 Å². The first kappa shape index (κ1) is 35.6. The van der Waals surface area contributed by atoms with Crippen LogP contribution in [0.5, 0.6) is 0 Å². The minimum Gasteiger partial charge on any atom is -0.309 e. The number of nitrogens with zero attached hydrogens (tertiary/aromatic N) is 5. The number of fused-ring (bicyclic) bond motifs is 9. The van der Waals surface area contributed by atoms with E-state index in [0.29, 0.717) is 17.5 Å². The van der Waals surface area contributed by atoms with Gasteiger partial charge in [-0.05, 0) is 83.9 Å². The Hall–Kier alpha value is -8.19. The molecule has 0 saturated carbocycles. The second-order valence-corrected chi connectivity index (χ2v) is 17.1. The van der Waals surface area contributed by atoms with Crippen LogP contribution in [0, 0.1) is 0 Å². The van der Waals surface area contributed by atoms with E-state index >= 15 is 0 Å². The molecule has 9 aromatic carbocycles. The molecule has 0 radical (unpaired) electrons. The Labute approximate surface area is 366 Å². The Kier molecular flexibility index (Phi) is 8.01. The molecule has 0 amide bonds. The molecule has 0 spiro atoms. The lowest BCUT2D eigenvalue weighted by molar-refractivity contribution is 1.08. The first-order valence-corrected chi connectivity index (χ1v) is 22.0. The lowest BCUT2D eigenvalue weighted by atomic mass is 10.0. The highest BCUT2D eigenvalue weighted by atomic mass is 32.1. The van der Waals surface area contributed by atoms with Gasteiger partial charge in [-0.3, -0.25) is 0 Å². The van der Waals surface area contributed by atoms with E-state index in [-0.39, 0.29) is 0 Å². The predicted molar refractivity (Wildman–Crippen MR) is 263 cm³/mol. The van der Waals surface area contributed by atoms with Gasteiger partial charge >= 0.3 is 0 Å². The molecule has 0 atom stereocenters. The van der Waals surface area contributed by atoms with Crippen molar-refractivity contribution in [3.8, 4) is 56.7 Å². The molecule has 6 heteroatoms. The zero-order chi connectivity index (χ0) is 41.4. The maximum atomic E-state index is 5.29. The van der Waals surface area contributed by atoms with Crippen LogP contribution < -0.4 is 0 Å². The number of benzene rings is 9. The summed E-state index contributed by atoms with van der Waals surface area (Å²) in [5.74, 6) is 1.93. The Balaban J connectivity index is 0.942. The van der Waals surface area contributed by atoms with Gasteiger partial charge in [0.25, 0.3) is 0 Å². The van der Waals surface area contributed by atoms with Gasteiger partial charge in [-0.2, -0.15) is 0 Å². The average molecular weight is 822 g/mol. The molecular formula is C57H35N5S. The van der Waals surface area contributed by atoms with E-state index in [9.17, 15) is 0 Å². The van der Waals surface area contributed by atoms with Crippen molar-refractivity contribution in [1.29, 1.82) is 0 Å². The third kappa shape index (κ3) is 5.73. The smallest absolute Gasteiger partial charge is 0.164 e. The molecule has 4 heterocycles. The highest BCUT2D eigenvalue weighted by Crippen LogP contribution is 2.42. The number of para-hydroxylation sites is 4. The molecule has 5 nitrogen and oxygen atoms in total. The molecule has 0 saturated heterocycles. The largest absolute Gasteiger partial charge is 0.309 e. The fourth-order valence-electron chi connectivity index (χ4n) is 9.51. The van der Waals surface area contributed by atoms with Crippen molar-refractivity contribution in [2.24, 2.45) is 0 Å². The summed E-state index contributed by atoms with van der Waals surface area (Å²) in [6.45, 7) is 0. The number of thiophene rings is 1. The van der Waals surface area contributed by atoms with Gasteiger partial charge in [-0.25, -0.2) is 15.0 Å². The second-order valence-electron chi connectivity index (χ2n) is 16.0.